The fraction of sp³-hybridized carbons (Fsp3) is 0.905. The predicted octanol–water partition coefficient (Wildman–Crippen LogP) is 0.856. The van der Waals surface area contributed by atoms with Crippen molar-refractivity contribution >= 4 is 12.0 Å². The van der Waals surface area contributed by atoms with Crippen molar-refractivity contribution < 1.29 is 33.6 Å². The summed E-state index contributed by atoms with van der Waals surface area (Å²) in [6.07, 6.45) is -0.348. The summed E-state index contributed by atoms with van der Waals surface area (Å²) in [5.74, 6) is -1.10. The zero-order valence-corrected chi connectivity index (χ0v) is 18.3. The van der Waals surface area contributed by atoms with E-state index in [1.165, 1.54) is 0 Å². The summed E-state index contributed by atoms with van der Waals surface area (Å²) in [6.45, 7) is 10.2. The smallest absolute Gasteiger partial charge is 0.408 e. The molecule has 170 valence electrons. The minimum Gasteiger partial charge on any atom is -0.443 e. The second-order valence-corrected chi connectivity index (χ2v) is 10.3. The van der Waals surface area contributed by atoms with E-state index in [0.29, 0.717) is 19.4 Å². The molecule has 4 fully saturated rings. The average molecular weight is 427 g/mol. The Bertz CT molecular complexity index is 722. The molecule has 0 radical (unpaired) electrons. The molecule has 8 atom stereocenters. The Labute approximate surface area is 176 Å². The third-order valence-electron chi connectivity index (χ3n) is 7.35. The van der Waals surface area contributed by atoms with Crippen molar-refractivity contribution in [2.75, 3.05) is 6.61 Å². The van der Waals surface area contributed by atoms with E-state index in [-0.39, 0.29) is 29.6 Å². The van der Waals surface area contributed by atoms with Crippen molar-refractivity contribution in [1.82, 2.24) is 5.32 Å². The molecule has 3 heterocycles. The average Bonchev–Trinajstić information content (AvgIpc) is 3.57. The number of aliphatic hydroxyl groups is 1. The second-order valence-electron chi connectivity index (χ2n) is 10.3. The third-order valence-corrected chi connectivity index (χ3v) is 7.35. The van der Waals surface area contributed by atoms with Crippen LogP contribution in [0.1, 0.15) is 53.9 Å². The van der Waals surface area contributed by atoms with Crippen LogP contribution in [0.25, 0.3) is 0 Å². The van der Waals surface area contributed by atoms with E-state index in [9.17, 15) is 14.7 Å². The first kappa shape index (κ1) is 21.8. The van der Waals surface area contributed by atoms with Crippen LogP contribution < -0.4 is 11.1 Å². The number of hydrogen-bond donors (Lipinski definition) is 3. The van der Waals surface area contributed by atoms with Crippen molar-refractivity contribution in [3.05, 3.63) is 0 Å². The lowest BCUT2D eigenvalue weighted by molar-refractivity contribution is -0.121. The molecule has 0 bridgehead atoms. The number of epoxide rings is 3. The first-order valence-electron chi connectivity index (χ1n) is 10.8. The van der Waals surface area contributed by atoms with Gasteiger partial charge in [0.2, 0.25) is 5.91 Å². The number of carbonyl (C=O) groups excluding carboxylic acids is 2. The summed E-state index contributed by atoms with van der Waals surface area (Å²) in [7, 11) is 0. The summed E-state index contributed by atoms with van der Waals surface area (Å²) in [5, 5.41) is 13.7. The van der Waals surface area contributed by atoms with Crippen molar-refractivity contribution in [3.8, 4) is 0 Å². The van der Waals surface area contributed by atoms with E-state index in [2.05, 4.69) is 19.2 Å². The molecule has 3 saturated heterocycles. The molecule has 4 rings (SSSR count). The van der Waals surface area contributed by atoms with Crippen LogP contribution in [0, 0.1) is 11.8 Å². The number of alkyl carbamates (subject to hydrolysis) is 1. The van der Waals surface area contributed by atoms with E-state index in [4.69, 9.17) is 24.7 Å². The monoisotopic (exact) mass is 426 g/mol. The van der Waals surface area contributed by atoms with E-state index in [1.807, 2.05) is 6.92 Å². The van der Waals surface area contributed by atoms with E-state index in [0.717, 1.165) is 6.42 Å². The van der Waals surface area contributed by atoms with Gasteiger partial charge in [0.05, 0.1) is 36.4 Å². The molecule has 4 N–H and O–H groups in total. The van der Waals surface area contributed by atoms with Gasteiger partial charge in [0.15, 0.2) is 0 Å². The Morgan fingerprint density at radius 1 is 1.23 bits per heavy atom. The van der Waals surface area contributed by atoms with Crippen LogP contribution in [0.5, 0.6) is 0 Å². The Kier molecular flexibility index (Phi) is 5.12. The molecule has 9 heteroatoms. The third kappa shape index (κ3) is 3.81. The van der Waals surface area contributed by atoms with Crippen molar-refractivity contribution in [1.29, 1.82) is 0 Å². The Morgan fingerprint density at radius 3 is 2.37 bits per heavy atom. The van der Waals surface area contributed by atoms with Gasteiger partial charge in [0, 0.05) is 6.42 Å². The van der Waals surface area contributed by atoms with Gasteiger partial charge in [-0.3, -0.25) is 4.79 Å². The van der Waals surface area contributed by atoms with Crippen LogP contribution in [0.2, 0.25) is 0 Å². The van der Waals surface area contributed by atoms with E-state index < -0.39 is 41.5 Å². The number of nitrogens with two attached hydrogens (primary N) is 1. The van der Waals surface area contributed by atoms with Gasteiger partial charge in [-0.25, -0.2) is 4.79 Å². The van der Waals surface area contributed by atoms with Gasteiger partial charge < -0.3 is 35.1 Å². The summed E-state index contributed by atoms with van der Waals surface area (Å²) in [6, 6.07) is -0.831. The molecule has 0 aromatic rings. The van der Waals surface area contributed by atoms with Gasteiger partial charge >= 0.3 is 6.09 Å². The molecule has 3 aliphatic heterocycles. The number of carbonyl (C=O) groups is 2. The SMILES string of the molecule is CC(C)[C@@H](NC(=O)O[C@@H]1CC[C@]2(CO2)C([C@@]2(C)O[C@@H]2C[C@@H]2OC2(C)C)[C@@H]1O)C(N)=O. The molecule has 1 saturated carbocycles. The van der Waals surface area contributed by atoms with E-state index >= 15 is 0 Å². The first-order valence-corrected chi connectivity index (χ1v) is 10.8. The molecule has 9 nitrogen and oxygen atoms in total. The summed E-state index contributed by atoms with van der Waals surface area (Å²) >= 11 is 0. The second kappa shape index (κ2) is 7.05. The lowest BCUT2D eigenvalue weighted by Gasteiger charge is -2.41. The number of nitrogens with one attached hydrogen (secondary N) is 1. The Hall–Kier alpha value is -1.42. The molecule has 0 aromatic heterocycles. The van der Waals surface area contributed by atoms with Crippen molar-refractivity contribution in [2.24, 2.45) is 17.6 Å². The number of amides is 2. The number of ether oxygens (including phenoxy) is 4. The van der Waals surface area contributed by atoms with Crippen LogP contribution in [0.15, 0.2) is 0 Å². The normalized spacial score (nSPS) is 44.4. The van der Waals surface area contributed by atoms with Gasteiger partial charge in [-0.05, 0) is 39.5 Å². The van der Waals surface area contributed by atoms with Crippen LogP contribution in [0.4, 0.5) is 4.79 Å². The summed E-state index contributed by atoms with van der Waals surface area (Å²) in [5.41, 5.74) is 4.26. The fourth-order valence-corrected chi connectivity index (χ4v) is 5.20. The van der Waals surface area contributed by atoms with E-state index in [1.54, 1.807) is 13.8 Å². The quantitative estimate of drug-likeness (QED) is 0.513. The lowest BCUT2D eigenvalue weighted by atomic mass is 9.68. The van der Waals surface area contributed by atoms with Crippen LogP contribution in [-0.4, -0.2) is 71.0 Å². The maximum atomic E-state index is 12.4. The number of aliphatic hydroxyl groups excluding tert-OH is 1. The molecule has 1 spiro atoms. The molecule has 0 aromatic carbocycles. The van der Waals surface area contributed by atoms with Crippen LogP contribution in [0.3, 0.4) is 0 Å². The zero-order chi connectivity index (χ0) is 22.1. The minimum absolute atomic E-state index is 0.0299. The molecule has 2 amide bonds. The molecular formula is C21H34N2O7. The van der Waals surface area contributed by atoms with Gasteiger partial charge in [-0.15, -0.1) is 0 Å². The highest BCUT2D eigenvalue weighted by molar-refractivity contribution is 5.84. The molecule has 1 unspecified atom stereocenters. The predicted molar refractivity (Wildman–Crippen MR) is 105 cm³/mol. The van der Waals surface area contributed by atoms with Gasteiger partial charge in [0.25, 0.3) is 0 Å². The highest BCUT2D eigenvalue weighted by Gasteiger charge is 2.73. The van der Waals surface area contributed by atoms with Gasteiger partial charge in [-0.1, -0.05) is 13.8 Å². The molecule has 1 aliphatic carbocycles. The molecule has 30 heavy (non-hydrogen) atoms. The summed E-state index contributed by atoms with van der Waals surface area (Å²) < 4.78 is 23.1. The van der Waals surface area contributed by atoms with Gasteiger partial charge in [-0.2, -0.15) is 0 Å². The largest absolute Gasteiger partial charge is 0.443 e. The lowest BCUT2D eigenvalue weighted by Crippen LogP contribution is -2.56. The number of rotatable bonds is 7. The Morgan fingerprint density at radius 2 is 1.87 bits per heavy atom. The van der Waals surface area contributed by atoms with Gasteiger partial charge in [0.1, 0.15) is 23.3 Å². The minimum atomic E-state index is -0.929. The topological polar surface area (TPSA) is 139 Å². The highest BCUT2D eigenvalue weighted by Crippen LogP contribution is 2.60. The zero-order valence-electron chi connectivity index (χ0n) is 18.3. The van der Waals surface area contributed by atoms with Crippen LogP contribution >= 0.6 is 0 Å². The molecular weight excluding hydrogens is 392 g/mol. The highest BCUT2D eigenvalue weighted by atomic mass is 16.6. The van der Waals surface area contributed by atoms with Crippen molar-refractivity contribution in [2.45, 2.75) is 101 Å². The number of hydrogen-bond acceptors (Lipinski definition) is 7. The summed E-state index contributed by atoms with van der Waals surface area (Å²) in [4.78, 5) is 23.9. The number of primary amides is 1. The molecule has 4 aliphatic rings. The maximum Gasteiger partial charge on any atom is 0.408 e. The maximum absolute atomic E-state index is 12.4. The fourth-order valence-electron chi connectivity index (χ4n) is 5.20. The van der Waals surface area contributed by atoms with Crippen molar-refractivity contribution in [3.63, 3.8) is 0 Å². The Balaban J connectivity index is 1.40. The first-order chi connectivity index (χ1) is 13.9. The van der Waals surface area contributed by atoms with Crippen LogP contribution in [-0.2, 0) is 23.7 Å². The standard InChI is InChI=1S/C21H34N2O7/c1-10(2)14(17(22)25)23-18(26)28-11-6-7-21(9-27-21)16(15(11)24)20(5)13(30-20)8-12-19(3,4)29-12/h10-16,24H,6-9H2,1-5H3,(H2,22,25)(H,23,26)/t11-,12+,13-,14-,15-,16?,20+,21+/m1/s1.